The normalized spacial score (nSPS) is 16.1. The molecule has 3 rings (SSSR count). The molecule has 156 valence electrons. The van der Waals surface area contributed by atoms with Gasteiger partial charge in [-0.3, -0.25) is 19.3 Å². The van der Waals surface area contributed by atoms with Crippen molar-refractivity contribution in [1.29, 1.82) is 0 Å². The van der Waals surface area contributed by atoms with Gasteiger partial charge in [-0.05, 0) is 54.4 Å². The quantitative estimate of drug-likeness (QED) is 0.453. The Labute approximate surface area is 179 Å². The zero-order chi connectivity index (χ0) is 21.5. The van der Waals surface area contributed by atoms with Crippen LogP contribution in [0.25, 0.3) is 6.08 Å². The molecule has 2 aromatic carbocycles. The molecule has 0 aliphatic carbocycles. The van der Waals surface area contributed by atoms with E-state index in [4.69, 9.17) is 9.47 Å². The van der Waals surface area contributed by atoms with Crippen LogP contribution in [-0.4, -0.2) is 34.7 Å². The molecular formula is C23H23NO5S. The van der Waals surface area contributed by atoms with Crippen LogP contribution in [0.15, 0.2) is 59.5 Å². The summed E-state index contributed by atoms with van der Waals surface area (Å²) < 4.78 is 10.9. The fourth-order valence-corrected chi connectivity index (χ4v) is 3.50. The van der Waals surface area contributed by atoms with Gasteiger partial charge in [0.25, 0.3) is 11.1 Å². The van der Waals surface area contributed by atoms with Gasteiger partial charge in [-0.25, -0.2) is 0 Å². The number of esters is 1. The first-order valence-corrected chi connectivity index (χ1v) is 10.5. The monoisotopic (exact) mass is 425 g/mol. The summed E-state index contributed by atoms with van der Waals surface area (Å²) in [4.78, 5) is 37.8. The Balaban J connectivity index is 1.60. The van der Waals surface area contributed by atoms with Crippen molar-refractivity contribution in [3.63, 3.8) is 0 Å². The molecule has 0 bridgehead atoms. The lowest BCUT2D eigenvalue weighted by Gasteiger charge is -2.14. The molecule has 1 aliphatic rings. The van der Waals surface area contributed by atoms with Crippen LogP contribution in [0.3, 0.4) is 0 Å². The van der Waals surface area contributed by atoms with E-state index in [0.29, 0.717) is 18.8 Å². The summed E-state index contributed by atoms with van der Waals surface area (Å²) in [6.07, 6.45) is 2.04. The fraction of sp³-hybridized carbons (Fsp3) is 0.261. The number of carbonyl (C=O) groups excluding carboxylic acids is 3. The fourth-order valence-electron chi connectivity index (χ4n) is 2.66. The van der Waals surface area contributed by atoms with E-state index in [1.54, 1.807) is 13.0 Å². The Hall–Kier alpha value is -3.06. The van der Waals surface area contributed by atoms with Crippen LogP contribution in [0.2, 0.25) is 0 Å². The van der Waals surface area contributed by atoms with Crippen molar-refractivity contribution in [2.24, 2.45) is 0 Å². The average molecular weight is 426 g/mol. The third-order valence-electron chi connectivity index (χ3n) is 4.49. The number of rotatable bonds is 8. The standard InChI is InChI=1S/C23H23NO5S/c1-3-16(2)29-21(25)14-24-22(26)20(30-23(24)27)13-17-9-11-19(12-10-17)28-15-18-7-5-4-6-8-18/h4-13,16H,3,14-15H2,1-2H3/b20-13+/t16-/m1/s1. The van der Waals surface area contributed by atoms with Crippen molar-refractivity contribution < 1.29 is 23.9 Å². The second kappa shape index (κ2) is 10.1. The summed E-state index contributed by atoms with van der Waals surface area (Å²) >= 11 is 0.815. The molecule has 30 heavy (non-hydrogen) atoms. The third kappa shape index (κ3) is 5.73. The Morgan fingerprint density at radius 3 is 2.47 bits per heavy atom. The van der Waals surface area contributed by atoms with E-state index in [1.165, 1.54) is 0 Å². The maximum atomic E-state index is 12.5. The highest BCUT2D eigenvalue weighted by Gasteiger charge is 2.36. The summed E-state index contributed by atoms with van der Waals surface area (Å²) in [6.45, 7) is 3.74. The highest BCUT2D eigenvalue weighted by atomic mass is 32.2. The van der Waals surface area contributed by atoms with Gasteiger partial charge in [-0.2, -0.15) is 0 Å². The van der Waals surface area contributed by atoms with Crippen molar-refractivity contribution in [1.82, 2.24) is 4.90 Å². The van der Waals surface area contributed by atoms with Crippen molar-refractivity contribution in [2.75, 3.05) is 6.54 Å². The number of amides is 2. The zero-order valence-electron chi connectivity index (χ0n) is 16.9. The summed E-state index contributed by atoms with van der Waals surface area (Å²) in [5, 5.41) is -0.477. The smallest absolute Gasteiger partial charge is 0.326 e. The minimum atomic E-state index is -0.590. The number of ether oxygens (including phenoxy) is 2. The van der Waals surface area contributed by atoms with E-state index >= 15 is 0 Å². The Morgan fingerprint density at radius 1 is 1.10 bits per heavy atom. The maximum Gasteiger partial charge on any atom is 0.326 e. The van der Waals surface area contributed by atoms with Gasteiger partial charge >= 0.3 is 5.97 Å². The number of hydrogen-bond acceptors (Lipinski definition) is 6. The van der Waals surface area contributed by atoms with Gasteiger partial charge in [0.05, 0.1) is 11.0 Å². The Bertz CT molecular complexity index is 940. The predicted octanol–water partition coefficient (Wildman–Crippen LogP) is 4.64. The second-order valence-electron chi connectivity index (χ2n) is 6.82. The molecule has 7 heteroatoms. The van der Waals surface area contributed by atoms with Crippen molar-refractivity contribution in [3.05, 3.63) is 70.6 Å². The predicted molar refractivity (Wildman–Crippen MR) is 116 cm³/mol. The Morgan fingerprint density at radius 2 is 1.80 bits per heavy atom. The molecule has 1 atom stereocenters. The molecule has 0 radical (unpaired) electrons. The summed E-state index contributed by atoms with van der Waals surface area (Å²) in [7, 11) is 0. The highest BCUT2D eigenvalue weighted by molar-refractivity contribution is 8.18. The first-order chi connectivity index (χ1) is 14.5. The van der Waals surface area contributed by atoms with E-state index in [-0.39, 0.29) is 17.6 Å². The minimum Gasteiger partial charge on any atom is -0.489 e. The lowest BCUT2D eigenvalue weighted by molar-refractivity contribution is -0.150. The molecule has 6 nitrogen and oxygen atoms in total. The lowest BCUT2D eigenvalue weighted by atomic mass is 10.2. The highest BCUT2D eigenvalue weighted by Crippen LogP contribution is 2.32. The van der Waals surface area contributed by atoms with E-state index in [1.807, 2.05) is 61.5 Å². The topological polar surface area (TPSA) is 72.9 Å². The van der Waals surface area contributed by atoms with Gasteiger partial charge < -0.3 is 9.47 Å². The number of thioether (sulfide) groups is 1. The molecule has 2 amide bonds. The molecule has 0 N–H and O–H groups in total. The number of hydrogen-bond donors (Lipinski definition) is 0. The molecule has 0 saturated carbocycles. The van der Waals surface area contributed by atoms with Gasteiger partial charge in [-0.15, -0.1) is 0 Å². The molecule has 0 unspecified atom stereocenters. The largest absolute Gasteiger partial charge is 0.489 e. The number of benzene rings is 2. The number of carbonyl (C=O) groups is 3. The van der Waals surface area contributed by atoms with E-state index in [2.05, 4.69) is 0 Å². The SMILES string of the molecule is CC[C@@H](C)OC(=O)CN1C(=O)S/C(=C/c2ccc(OCc3ccccc3)cc2)C1=O. The van der Waals surface area contributed by atoms with E-state index in [9.17, 15) is 14.4 Å². The Kier molecular flexibility index (Phi) is 7.30. The van der Waals surface area contributed by atoms with Crippen molar-refractivity contribution in [2.45, 2.75) is 33.0 Å². The summed E-state index contributed by atoms with van der Waals surface area (Å²) in [5.74, 6) is -0.375. The molecular weight excluding hydrogens is 402 g/mol. The molecule has 2 aromatic rings. The third-order valence-corrected chi connectivity index (χ3v) is 5.40. The second-order valence-corrected chi connectivity index (χ2v) is 7.81. The van der Waals surface area contributed by atoms with Gasteiger partial charge in [0.15, 0.2) is 0 Å². The van der Waals surface area contributed by atoms with Crippen LogP contribution in [0, 0.1) is 0 Å². The first-order valence-electron chi connectivity index (χ1n) is 9.68. The van der Waals surface area contributed by atoms with Crippen LogP contribution < -0.4 is 4.74 Å². The molecule has 1 aliphatic heterocycles. The summed E-state index contributed by atoms with van der Waals surface area (Å²) in [5.41, 5.74) is 1.83. The van der Waals surface area contributed by atoms with Crippen LogP contribution in [0.1, 0.15) is 31.4 Å². The van der Waals surface area contributed by atoms with Gasteiger partial charge in [-0.1, -0.05) is 49.4 Å². The molecule has 1 saturated heterocycles. The van der Waals surface area contributed by atoms with Gasteiger partial charge in [0.2, 0.25) is 0 Å². The molecule has 0 spiro atoms. The van der Waals surface area contributed by atoms with Gasteiger partial charge in [0, 0.05) is 0 Å². The van der Waals surface area contributed by atoms with Gasteiger partial charge in [0.1, 0.15) is 18.9 Å². The molecule has 0 aromatic heterocycles. The van der Waals surface area contributed by atoms with Crippen LogP contribution in [0.4, 0.5) is 4.79 Å². The van der Waals surface area contributed by atoms with E-state index in [0.717, 1.165) is 27.8 Å². The van der Waals surface area contributed by atoms with Crippen molar-refractivity contribution in [3.8, 4) is 5.75 Å². The molecule has 1 fully saturated rings. The van der Waals surface area contributed by atoms with Crippen LogP contribution in [-0.2, 0) is 20.9 Å². The number of imide groups is 1. The van der Waals surface area contributed by atoms with Crippen LogP contribution in [0.5, 0.6) is 5.75 Å². The lowest BCUT2D eigenvalue weighted by Crippen LogP contribution is -2.35. The minimum absolute atomic E-state index is 0.254. The van der Waals surface area contributed by atoms with Crippen molar-refractivity contribution >= 4 is 35.0 Å². The average Bonchev–Trinajstić information content (AvgIpc) is 3.01. The first kappa shape index (κ1) is 21.6. The zero-order valence-corrected chi connectivity index (χ0v) is 17.7. The van der Waals surface area contributed by atoms with Crippen LogP contribution >= 0.6 is 11.8 Å². The summed E-state index contributed by atoms with van der Waals surface area (Å²) in [6, 6.07) is 17.1. The van der Waals surface area contributed by atoms with E-state index < -0.39 is 17.1 Å². The maximum absolute atomic E-state index is 12.5. The molecule has 1 heterocycles. The number of nitrogens with zero attached hydrogens (tertiary/aromatic N) is 1.